The zero-order chi connectivity index (χ0) is 26.3. The van der Waals surface area contributed by atoms with Crippen LogP contribution in [0, 0.1) is 6.92 Å². The predicted octanol–water partition coefficient (Wildman–Crippen LogP) is 6.34. The van der Waals surface area contributed by atoms with Crippen LogP contribution < -0.4 is 15.7 Å². The van der Waals surface area contributed by atoms with Gasteiger partial charge in [-0.3, -0.25) is 4.79 Å². The van der Waals surface area contributed by atoms with Gasteiger partial charge in [-0.25, -0.2) is 9.59 Å². The van der Waals surface area contributed by atoms with Gasteiger partial charge in [0.05, 0.1) is 5.02 Å². The van der Waals surface area contributed by atoms with Crippen LogP contribution in [0.1, 0.15) is 63.1 Å². The number of aryl methyl sites for hydroxylation is 1. The van der Waals surface area contributed by atoms with Crippen molar-refractivity contribution < 1.29 is 23.5 Å². The standard InChI is InChI=1S/C28H32ClNO6/c1-18-20-16-22(29)24(17-23(20)35-26(32)21(18)15-19-11-7-5-8-12-19)34-25(31)13-9-6-10-14-30-27(33)36-28(2,3)4/h5,7-8,11-12,16-17H,6,9-10,13-15H2,1-4H3,(H,30,33). The second-order valence-corrected chi connectivity index (χ2v) is 10.1. The summed E-state index contributed by atoms with van der Waals surface area (Å²) >= 11 is 6.40. The van der Waals surface area contributed by atoms with Gasteiger partial charge in [0, 0.05) is 36.4 Å². The molecule has 1 heterocycles. The molecule has 0 aliphatic carbocycles. The third kappa shape index (κ3) is 7.85. The Bertz CT molecular complexity index is 1280. The number of hydrogen-bond acceptors (Lipinski definition) is 6. The molecule has 1 amide bonds. The van der Waals surface area contributed by atoms with Crippen molar-refractivity contribution in [3.05, 3.63) is 74.6 Å². The predicted molar refractivity (Wildman–Crippen MR) is 140 cm³/mol. The van der Waals surface area contributed by atoms with Crippen molar-refractivity contribution in [2.45, 2.75) is 65.4 Å². The highest BCUT2D eigenvalue weighted by Gasteiger charge is 2.17. The lowest BCUT2D eigenvalue weighted by Crippen LogP contribution is -2.33. The van der Waals surface area contributed by atoms with Gasteiger partial charge in [0.15, 0.2) is 5.75 Å². The van der Waals surface area contributed by atoms with Crippen molar-refractivity contribution in [1.29, 1.82) is 0 Å². The molecule has 192 valence electrons. The second kappa shape index (κ2) is 12.1. The number of benzene rings is 2. The third-order valence-corrected chi connectivity index (χ3v) is 5.81. The van der Waals surface area contributed by atoms with Gasteiger partial charge in [-0.05, 0) is 57.7 Å². The zero-order valence-corrected chi connectivity index (χ0v) is 21.9. The summed E-state index contributed by atoms with van der Waals surface area (Å²) in [6.45, 7) is 7.73. The van der Waals surface area contributed by atoms with Crippen molar-refractivity contribution in [3.8, 4) is 5.75 Å². The van der Waals surface area contributed by atoms with E-state index in [4.69, 9.17) is 25.5 Å². The Morgan fingerprint density at radius 3 is 2.47 bits per heavy atom. The van der Waals surface area contributed by atoms with Crippen LogP contribution in [0.25, 0.3) is 11.0 Å². The number of ether oxygens (including phenoxy) is 2. The van der Waals surface area contributed by atoms with E-state index < -0.39 is 23.3 Å². The smallest absolute Gasteiger partial charge is 0.407 e. The van der Waals surface area contributed by atoms with E-state index >= 15 is 0 Å². The van der Waals surface area contributed by atoms with Gasteiger partial charge in [-0.15, -0.1) is 0 Å². The fraction of sp³-hybridized carbons (Fsp3) is 0.393. The number of carbonyl (C=O) groups is 2. The number of esters is 1. The molecule has 0 spiro atoms. The molecule has 0 aliphatic rings. The molecule has 0 atom stereocenters. The van der Waals surface area contributed by atoms with Crippen LogP contribution in [0.4, 0.5) is 4.79 Å². The number of fused-ring (bicyclic) bond motifs is 1. The van der Waals surface area contributed by atoms with Gasteiger partial charge < -0.3 is 19.2 Å². The maximum absolute atomic E-state index is 12.7. The first-order chi connectivity index (χ1) is 17.0. The van der Waals surface area contributed by atoms with Crippen molar-refractivity contribution in [2.24, 2.45) is 0 Å². The Hall–Kier alpha value is -3.32. The summed E-state index contributed by atoms with van der Waals surface area (Å²) in [7, 11) is 0. The first kappa shape index (κ1) is 27.3. The number of alkyl carbamates (subject to hydrolysis) is 1. The van der Waals surface area contributed by atoms with Gasteiger partial charge in [0.25, 0.3) is 0 Å². The van der Waals surface area contributed by atoms with Crippen LogP contribution in [0.15, 0.2) is 51.7 Å². The number of rotatable bonds is 9. The molecule has 2 aromatic carbocycles. The van der Waals surface area contributed by atoms with E-state index in [1.54, 1.807) is 26.8 Å². The van der Waals surface area contributed by atoms with E-state index in [1.807, 2.05) is 37.3 Å². The first-order valence-electron chi connectivity index (χ1n) is 12.0. The maximum atomic E-state index is 12.7. The van der Waals surface area contributed by atoms with E-state index in [2.05, 4.69) is 5.32 Å². The lowest BCUT2D eigenvalue weighted by atomic mass is 9.99. The summed E-state index contributed by atoms with van der Waals surface area (Å²) in [5, 5.41) is 3.65. The minimum absolute atomic E-state index is 0.152. The SMILES string of the molecule is Cc1c(Cc2ccccc2)c(=O)oc2cc(OC(=O)CCCCCNC(=O)OC(C)(C)C)c(Cl)cc12. The number of halogens is 1. The Morgan fingerprint density at radius 2 is 1.78 bits per heavy atom. The Morgan fingerprint density at radius 1 is 1.06 bits per heavy atom. The van der Waals surface area contributed by atoms with E-state index in [1.165, 1.54) is 6.07 Å². The van der Waals surface area contributed by atoms with Crippen LogP contribution in [0.2, 0.25) is 5.02 Å². The van der Waals surface area contributed by atoms with Crippen molar-refractivity contribution in [3.63, 3.8) is 0 Å². The molecule has 0 saturated carbocycles. The molecular weight excluding hydrogens is 482 g/mol. The highest BCUT2D eigenvalue weighted by molar-refractivity contribution is 6.33. The minimum atomic E-state index is -0.538. The highest BCUT2D eigenvalue weighted by Crippen LogP contribution is 2.32. The molecule has 0 radical (unpaired) electrons. The summed E-state index contributed by atoms with van der Waals surface area (Å²) in [4.78, 5) is 36.6. The van der Waals surface area contributed by atoms with Crippen LogP contribution >= 0.6 is 11.6 Å². The van der Waals surface area contributed by atoms with Crippen molar-refractivity contribution in [2.75, 3.05) is 6.54 Å². The Balaban J connectivity index is 1.56. The molecule has 3 aromatic rings. The molecule has 36 heavy (non-hydrogen) atoms. The molecule has 0 aliphatic heterocycles. The minimum Gasteiger partial charge on any atom is -0.444 e. The van der Waals surface area contributed by atoms with Gasteiger partial charge in [-0.1, -0.05) is 48.4 Å². The van der Waals surface area contributed by atoms with Gasteiger partial charge in [0.1, 0.15) is 11.2 Å². The van der Waals surface area contributed by atoms with Crippen LogP contribution in [0.5, 0.6) is 5.75 Å². The highest BCUT2D eigenvalue weighted by atomic mass is 35.5. The van der Waals surface area contributed by atoms with E-state index in [9.17, 15) is 14.4 Å². The lowest BCUT2D eigenvalue weighted by molar-refractivity contribution is -0.134. The normalized spacial score (nSPS) is 11.4. The van der Waals surface area contributed by atoms with E-state index in [0.29, 0.717) is 42.3 Å². The summed E-state index contributed by atoms with van der Waals surface area (Å²) in [5.74, 6) is -0.282. The number of amides is 1. The maximum Gasteiger partial charge on any atom is 0.407 e. The summed E-state index contributed by atoms with van der Waals surface area (Å²) in [5.41, 5.74) is 1.70. The summed E-state index contributed by atoms with van der Waals surface area (Å²) < 4.78 is 16.2. The number of hydrogen-bond donors (Lipinski definition) is 1. The number of carbonyl (C=O) groups excluding carboxylic acids is 2. The molecule has 1 aromatic heterocycles. The molecule has 0 saturated heterocycles. The average Bonchev–Trinajstić information content (AvgIpc) is 2.80. The zero-order valence-electron chi connectivity index (χ0n) is 21.1. The van der Waals surface area contributed by atoms with Crippen LogP contribution in [-0.2, 0) is 16.0 Å². The summed E-state index contributed by atoms with van der Waals surface area (Å²) in [6, 6.07) is 12.8. The number of nitrogens with one attached hydrogen (secondary N) is 1. The van der Waals surface area contributed by atoms with E-state index in [0.717, 1.165) is 17.5 Å². The summed E-state index contributed by atoms with van der Waals surface area (Å²) in [6.07, 6.45) is 2.22. The quantitative estimate of drug-likeness (QED) is 0.155. The molecule has 3 rings (SSSR count). The first-order valence-corrected chi connectivity index (χ1v) is 12.4. The Kier molecular flexibility index (Phi) is 9.15. The molecule has 1 N–H and O–H groups in total. The van der Waals surface area contributed by atoms with Crippen LogP contribution in [-0.4, -0.2) is 24.2 Å². The molecule has 0 bridgehead atoms. The molecular formula is C28H32ClNO6. The molecule has 0 fully saturated rings. The van der Waals surface area contributed by atoms with Crippen LogP contribution in [0.3, 0.4) is 0 Å². The average molecular weight is 514 g/mol. The van der Waals surface area contributed by atoms with Gasteiger partial charge in [-0.2, -0.15) is 0 Å². The monoisotopic (exact) mass is 513 g/mol. The lowest BCUT2D eigenvalue weighted by Gasteiger charge is -2.19. The van der Waals surface area contributed by atoms with Crippen molar-refractivity contribution in [1.82, 2.24) is 5.32 Å². The molecule has 0 unspecified atom stereocenters. The fourth-order valence-corrected chi connectivity index (χ4v) is 3.92. The molecule has 8 heteroatoms. The van der Waals surface area contributed by atoms with Gasteiger partial charge >= 0.3 is 17.7 Å². The molecule has 7 nitrogen and oxygen atoms in total. The Labute approximate surface area is 215 Å². The third-order valence-electron chi connectivity index (χ3n) is 5.51. The van der Waals surface area contributed by atoms with E-state index in [-0.39, 0.29) is 17.2 Å². The topological polar surface area (TPSA) is 94.8 Å². The van der Waals surface area contributed by atoms with Gasteiger partial charge in [0.2, 0.25) is 0 Å². The largest absolute Gasteiger partial charge is 0.444 e. The van der Waals surface area contributed by atoms with Crippen molar-refractivity contribution >= 4 is 34.6 Å². The second-order valence-electron chi connectivity index (χ2n) is 9.65. The number of unbranched alkanes of at least 4 members (excludes halogenated alkanes) is 2. The fourth-order valence-electron chi connectivity index (χ4n) is 3.72.